The van der Waals surface area contributed by atoms with Crippen LogP contribution in [0, 0.1) is 5.82 Å². The Balaban J connectivity index is 2.04. The van der Waals surface area contributed by atoms with Gasteiger partial charge in [0.15, 0.2) is 0 Å². The van der Waals surface area contributed by atoms with Crippen molar-refractivity contribution < 1.29 is 14.2 Å². The van der Waals surface area contributed by atoms with Crippen molar-refractivity contribution >= 4 is 11.6 Å². The van der Waals surface area contributed by atoms with Gasteiger partial charge >= 0.3 is 0 Å². The zero-order valence-corrected chi connectivity index (χ0v) is 11.7. The number of halogens is 2. The van der Waals surface area contributed by atoms with Crippen LogP contribution in [0.5, 0.6) is 0 Å². The average Bonchev–Trinajstić information content (AvgIpc) is 2.36. The van der Waals surface area contributed by atoms with Crippen LogP contribution in [0.15, 0.2) is 18.2 Å². The van der Waals surface area contributed by atoms with Crippen LogP contribution in [0.4, 0.5) is 4.39 Å². The number of ether oxygens (including phenoxy) is 1. The third-order valence-electron chi connectivity index (χ3n) is 3.33. The lowest BCUT2D eigenvalue weighted by Crippen LogP contribution is -2.46. The molecule has 0 amide bonds. The molecule has 5 heteroatoms. The van der Waals surface area contributed by atoms with E-state index in [0.29, 0.717) is 26.2 Å². The molecule has 1 aromatic rings. The lowest BCUT2D eigenvalue weighted by molar-refractivity contribution is -0.0276. The Morgan fingerprint density at radius 3 is 3.05 bits per heavy atom. The third kappa shape index (κ3) is 4.14. The van der Waals surface area contributed by atoms with E-state index in [-0.39, 0.29) is 17.2 Å². The Labute approximate surface area is 117 Å². The number of aliphatic hydroxyl groups excluding tert-OH is 1. The molecule has 0 aromatic heterocycles. The summed E-state index contributed by atoms with van der Waals surface area (Å²) in [4.78, 5) is 2.25. The highest BCUT2D eigenvalue weighted by Crippen LogP contribution is 2.20. The zero-order chi connectivity index (χ0) is 13.8. The van der Waals surface area contributed by atoms with Gasteiger partial charge in [-0.15, -0.1) is 0 Å². The van der Waals surface area contributed by atoms with Crippen molar-refractivity contribution in [1.29, 1.82) is 0 Å². The van der Waals surface area contributed by atoms with E-state index in [2.05, 4.69) is 4.90 Å². The maximum Gasteiger partial charge on any atom is 0.141 e. The highest BCUT2D eigenvalue weighted by molar-refractivity contribution is 6.30. The van der Waals surface area contributed by atoms with Crippen molar-refractivity contribution in [3.8, 4) is 0 Å². The summed E-state index contributed by atoms with van der Waals surface area (Å²) in [6, 6.07) is 4.99. The lowest BCUT2D eigenvalue weighted by Gasteiger charge is -2.36. The molecule has 0 unspecified atom stereocenters. The number of aliphatic hydroxyl groups is 1. The number of benzene rings is 1. The van der Waals surface area contributed by atoms with Gasteiger partial charge < -0.3 is 9.84 Å². The standard InChI is InChI=1S/C14H19ClFNO2/c1-10(18)6-12-9-19-5-4-17(12)8-11-2-3-14(16)13(15)7-11/h2-3,7,10,12,18H,4-6,8-9H2,1H3/t10-,12-/m0/s1. The molecule has 0 aliphatic carbocycles. The van der Waals surface area contributed by atoms with Gasteiger partial charge in [-0.3, -0.25) is 4.90 Å². The molecule has 0 saturated carbocycles. The predicted octanol–water partition coefficient (Wildman–Crippen LogP) is 2.45. The first-order valence-corrected chi connectivity index (χ1v) is 6.88. The predicted molar refractivity (Wildman–Crippen MR) is 72.7 cm³/mol. The summed E-state index contributed by atoms with van der Waals surface area (Å²) in [7, 11) is 0. The summed E-state index contributed by atoms with van der Waals surface area (Å²) in [5, 5.41) is 9.67. The molecular formula is C14H19ClFNO2. The Morgan fingerprint density at radius 1 is 1.58 bits per heavy atom. The summed E-state index contributed by atoms with van der Waals surface area (Å²) < 4.78 is 18.6. The summed E-state index contributed by atoms with van der Waals surface area (Å²) >= 11 is 5.79. The molecule has 0 bridgehead atoms. The van der Waals surface area contributed by atoms with E-state index in [1.807, 2.05) is 0 Å². The monoisotopic (exact) mass is 287 g/mol. The van der Waals surface area contributed by atoms with Crippen LogP contribution in [-0.4, -0.2) is 41.9 Å². The van der Waals surface area contributed by atoms with Crippen molar-refractivity contribution in [3.05, 3.63) is 34.6 Å². The largest absolute Gasteiger partial charge is 0.393 e. The summed E-state index contributed by atoms with van der Waals surface area (Å²) in [5.41, 5.74) is 0.976. The molecule has 0 spiro atoms. The second kappa shape index (κ2) is 6.66. The molecule has 1 saturated heterocycles. The number of hydrogen-bond acceptors (Lipinski definition) is 3. The first-order valence-electron chi connectivity index (χ1n) is 6.50. The normalized spacial score (nSPS) is 22.4. The number of hydrogen-bond donors (Lipinski definition) is 1. The van der Waals surface area contributed by atoms with Crippen LogP contribution in [0.1, 0.15) is 18.9 Å². The van der Waals surface area contributed by atoms with Crippen LogP contribution in [-0.2, 0) is 11.3 Å². The van der Waals surface area contributed by atoms with Crippen LogP contribution in [0.2, 0.25) is 5.02 Å². The van der Waals surface area contributed by atoms with Crippen molar-refractivity contribution in [2.45, 2.75) is 32.0 Å². The van der Waals surface area contributed by atoms with E-state index in [0.717, 1.165) is 12.1 Å². The van der Waals surface area contributed by atoms with Crippen molar-refractivity contribution in [2.75, 3.05) is 19.8 Å². The molecule has 2 atom stereocenters. The zero-order valence-electron chi connectivity index (χ0n) is 11.0. The average molecular weight is 288 g/mol. The molecule has 2 rings (SSSR count). The van der Waals surface area contributed by atoms with Gasteiger partial charge in [-0.2, -0.15) is 0 Å². The molecule has 1 aromatic carbocycles. The van der Waals surface area contributed by atoms with Gasteiger partial charge in [0.2, 0.25) is 0 Å². The first kappa shape index (κ1) is 14.7. The van der Waals surface area contributed by atoms with Crippen LogP contribution in [0.25, 0.3) is 0 Å². The molecular weight excluding hydrogens is 269 g/mol. The van der Waals surface area contributed by atoms with Crippen molar-refractivity contribution in [2.24, 2.45) is 0 Å². The van der Waals surface area contributed by atoms with Gasteiger partial charge in [0, 0.05) is 19.1 Å². The van der Waals surface area contributed by atoms with Crippen molar-refractivity contribution in [3.63, 3.8) is 0 Å². The van der Waals surface area contributed by atoms with Gasteiger partial charge in [-0.1, -0.05) is 17.7 Å². The Kier molecular flexibility index (Phi) is 5.16. The van der Waals surface area contributed by atoms with E-state index in [1.54, 1.807) is 19.1 Å². The van der Waals surface area contributed by atoms with Gasteiger partial charge in [0.25, 0.3) is 0 Å². The minimum atomic E-state index is -0.395. The fourth-order valence-corrected chi connectivity index (χ4v) is 2.58. The van der Waals surface area contributed by atoms with Gasteiger partial charge in [-0.25, -0.2) is 4.39 Å². The Bertz CT molecular complexity index is 428. The Hall–Kier alpha value is -0.680. The fraction of sp³-hybridized carbons (Fsp3) is 0.571. The molecule has 1 heterocycles. The number of nitrogens with zero attached hydrogens (tertiary/aromatic N) is 1. The van der Waals surface area contributed by atoms with E-state index >= 15 is 0 Å². The molecule has 0 radical (unpaired) electrons. The maximum absolute atomic E-state index is 13.1. The molecule has 106 valence electrons. The molecule has 1 aliphatic rings. The van der Waals surface area contributed by atoms with E-state index < -0.39 is 5.82 Å². The molecule has 1 aliphatic heterocycles. The SMILES string of the molecule is C[C@H](O)C[C@H]1COCCN1Cc1ccc(F)c(Cl)c1. The second-order valence-electron chi connectivity index (χ2n) is 5.03. The first-order chi connectivity index (χ1) is 9.06. The van der Waals surface area contributed by atoms with Crippen LogP contribution < -0.4 is 0 Å². The quantitative estimate of drug-likeness (QED) is 0.923. The molecule has 3 nitrogen and oxygen atoms in total. The van der Waals surface area contributed by atoms with E-state index in [1.165, 1.54) is 6.07 Å². The second-order valence-corrected chi connectivity index (χ2v) is 5.44. The van der Waals surface area contributed by atoms with Crippen LogP contribution >= 0.6 is 11.6 Å². The topological polar surface area (TPSA) is 32.7 Å². The highest BCUT2D eigenvalue weighted by atomic mass is 35.5. The molecule has 1 N–H and O–H groups in total. The van der Waals surface area contributed by atoms with E-state index in [9.17, 15) is 9.50 Å². The maximum atomic E-state index is 13.1. The van der Waals surface area contributed by atoms with E-state index in [4.69, 9.17) is 16.3 Å². The minimum Gasteiger partial charge on any atom is -0.393 e. The third-order valence-corrected chi connectivity index (χ3v) is 3.62. The smallest absolute Gasteiger partial charge is 0.141 e. The summed E-state index contributed by atoms with van der Waals surface area (Å²) in [6.07, 6.45) is 0.320. The van der Waals surface area contributed by atoms with Crippen LogP contribution in [0.3, 0.4) is 0 Å². The summed E-state index contributed by atoms with van der Waals surface area (Å²) in [6.45, 7) is 4.60. The van der Waals surface area contributed by atoms with Gasteiger partial charge in [0.05, 0.1) is 24.3 Å². The van der Waals surface area contributed by atoms with Gasteiger partial charge in [-0.05, 0) is 31.0 Å². The number of morpholine rings is 1. The van der Waals surface area contributed by atoms with Crippen molar-refractivity contribution in [1.82, 2.24) is 4.90 Å². The Morgan fingerprint density at radius 2 is 2.37 bits per heavy atom. The minimum absolute atomic E-state index is 0.151. The molecule has 19 heavy (non-hydrogen) atoms. The van der Waals surface area contributed by atoms with Gasteiger partial charge in [0.1, 0.15) is 5.82 Å². The molecule has 1 fully saturated rings. The fourth-order valence-electron chi connectivity index (χ4n) is 2.38. The highest BCUT2D eigenvalue weighted by Gasteiger charge is 2.24. The summed E-state index contributed by atoms with van der Waals surface area (Å²) in [5.74, 6) is -0.395. The number of rotatable bonds is 4. The lowest BCUT2D eigenvalue weighted by atomic mass is 10.1.